The number of aromatic amines is 1. The summed E-state index contributed by atoms with van der Waals surface area (Å²) in [4.78, 5) is 4.74. The number of rotatable bonds is 8. The van der Waals surface area contributed by atoms with Gasteiger partial charge in [0.05, 0.1) is 17.6 Å². The van der Waals surface area contributed by atoms with Crippen LogP contribution >= 0.6 is 0 Å². The maximum Gasteiger partial charge on any atom is 0.209 e. The summed E-state index contributed by atoms with van der Waals surface area (Å²) in [6.07, 6.45) is 0. The van der Waals surface area contributed by atoms with Crippen LogP contribution in [0.5, 0.6) is 5.88 Å². The molecule has 2 heterocycles. The number of fused-ring (bicyclic) bond motifs is 1. The Kier molecular flexibility index (Phi) is 5.24. The molecule has 1 N–H and O–H groups in total. The molecule has 0 unspecified atom stereocenters. The van der Waals surface area contributed by atoms with Crippen molar-refractivity contribution in [2.24, 2.45) is 0 Å². The smallest absolute Gasteiger partial charge is 0.209 e. The highest BCUT2D eigenvalue weighted by molar-refractivity contribution is 6.76. The Morgan fingerprint density at radius 1 is 1.20 bits per heavy atom. The van der Waals surface area contributed by atoms with Gasteiger partial charge in [-0.15, -0.1) is 0 Å². The predicted molar refractivity (Wildman–Crippen MR) is 103 cm³/mol. The highest BCUT2D eigenvalue weighted by atomic mass is 28.3. The summed E-state index contributed by atoms with van der Waals surface area (Å²) >= 11 is 0. The van der Waals surface area contributed by atoms with Crippen LogP contribution in [-0.4, -0.2) is 41.0 Å². The molecule has 0 aliphatic carbocycles. The van der Waals surface area contributed by atoms with Crippen molar-refractivity contribution in [1.29, 1.82) is 0 Å². The maximum absolute atomic E-state index is 5.97. The Bertz CT molecular complexity index is 835. The van der Waals surface area contributed by atoms with E-state index in [2.05, 4.69) is 40.5 Å². The Balaban J connectivity index is 1.86. The summed E-state index contributed by atoms with van der Waals surface area (Å²) in [6, 6.07) is 11.1. The van der Waals surface area contributed by atoms with Crippen LogP contribution in [0.15, 0.2) is 30.3 Å². The van der Waals surface area contributed by atoms with Gasteiger partial charge in [0.1, 0.15) is 12.4 Å². The van der Waals surface area contributed by atoms with Crippen molar-refractivity contribution < 1.29 is 9.47 Å². The van der Waals surface area contributed by atoms with Gasteiger partial charge in [-0.3, -0.25) is 4.57 Å². The molecule has 0 saturated heterocycles. The molecule has 3 aromatic rings. The van der Waals surface area contributed by atoms with E-state index < -0.39 is 8.07 Å². The third-order valence-electron chi connectivity index (χ3n) is 3.95. The van der Waals surface area contributed by atoms with E-state index in [1.54, 1.807) is 0 Å². The molecule has 0 fully saturated rings. The Hall–Kier alpha value is -2.12. The standard InChI is InChI=1S/C18H26N4O2Si/c1-5-24-17-12-15(20-21-17)18-19-14-8-6-7-9-16(14)22(18)13-23-10-11-25(2,3)4/h6-9,12H,5,10-11,13H2,1-4H3,(H,20,21). The van der Waals surface area contributed by atoms with E-state index in [4.69, 9.17) is 14.5 Å². The fourth-order valence-corrected chi connectivity index (χ4v) is 3.34. The molecular formula is C18H26N4O2Si. The van der Waals surface area contributed by atoms with Crippen LogP contribution in [0.2, 0.25) is 25.7 Å². The molecule has 7 heteroatoms. The van der Waals surface area contributed by atoms with Crippen molar-refractivity contribution in [2.45, 2.75) is 39.3 Å². The SMILES string of the molecule is CCOc1cc(-c2nc3ccccc3n2COCC[Si](C)(C)C)n[nH]1. The summed E-state index contributed by atoms with van der Waals surface area (Å²) in [6.45, 7) is 10.8. The molecule has 0 bridgehead atoms. The molecule has 0 aliphatic heterocycles. The molecule has 0 amide bonds. The Morgan fingerprint density at radius 2 is 2.00 bits per heavy atom. The lowest BCUT2D eigenvalue weighted by molar-refractivity contribution is 0.0909. The molecule has 0 atom stereocenters. The Labute approximate surface area is 149 Å². The number of imidazole rings is 1. The van der Waals surface area contributed by atoms with Gasteiger partial charge in [-0.05, 0) is 25.1 Å². The number of hydrogen-bond acceptors (Lipinski definition) is 4. The van der Waals surface area contributed by atoms with Gasteiger partial charge in [0.15, 0.2) is 5.82 Å². The molecule has 0 aliphatic rings. The van der Waals surface area contributed by atoms with Gasteiger partial charge in [-0.2, -0.15) is 5.10 Å². The number of hydrogen-bond donors (Lipinski definition) is 1. The van der Waals surface area contributed by atoms with Gasteiger partial charge in [0.2, 0.25) is 5.88 Å². The number of benzene rings is 1. The summed E-state index contributed by atoms with van der Waals surface area (Å²) in [5.41, 5.74) is 2.74. The van der Waals surface area contributed by atoms with Crippen molar-refractivity contribution in [3.8, 4) is 17.4 Å². The minimum Gasteiger partial charge on any atom is -0.478 e. The largest absolute Gasteiger partial charge is 0.478 e. The topological polar surface area (TPSA) is 65.0 Å². The summed E-state index contributed by atoms with van der Waals surface area (Å²) in [5.74, 6) is 1.44. The van der Waals surface area contributed by atoms with Gasteiger partial charge < -0.3 is 9.47 Å². The second kappa shape index (κ2) is 7.41. The summed E-state index contributed by atoms with van der Waals surface area (Å²) < 4.78 is 13.5. The van der Waals surface area contributed by atoms with Gasteiger partial charge in [-0.1, -0.05) is 31.8 Å². The van der Waals surface area contributed by atoms with Crippen LogP contribution in [0.4, 0.5) is 0 Å². The van der Waals surface area contributed by atoms with E-state index in [1.807, 2.05) is 31.2 Å². The van der Waals surface area contributed by atoms with Crippen LogP contribution in [0, 0.1) is 0 Å². The van der Waals surface area contributed by atoms with Crippen LogP contribution in [0.3, 0.4) is 0 Å². The first-order valence-electron chi connectivity index (χ1n) is 8.69. The lowest BCUT2D eigenvalue weighted by Gasteiger charge is -2.16. The number of nitrogens with one attached hydrogen (secondary N) is 1. The lowest BCUT2D eigenvalue weighted by atomic mass is 10.3. The van der Waals surface area contributed by atoms with Crippen molar-refractivity contribution in [3.05, 3.63) is 30.3 Å². The second-order valence-corrected chi connectivity index (χ2v) is 12.9. The molecule has 134 valence electrons. The van der Waals surface area contributed by atoms with E-state index in [-0.39, 0.29) is 0 Å². The number of ether oxygens (including phenoxy) is 2. The first-order valence-corrected chi connectivity index (χ1v) is 12.4. The highest BCUT2D eigenvalue weighted by Gasteiger charge is 2.17. The van der Waals surface area contributed by atoms with Gasteiger partial charge in [0, 0.05) is 20.7 Å². The minimum atomic E-state index is -1.10. The zero-order chi connectivity index (χ0) is 17.9. The number of H-pyrrole nitrogens is 1. The third kappa shape index (κ3) is 4.29. The van der Waals surface area contributed by atoms with Gasteiger partial charge in [-0.25, -0.2) is 10.1 Å². The Morgan fingerprint density at radius 3 is 2.76 bits per heavy atom. The quantitative estimate of drug-likeness (QED) is 0.485. The van der Waals surface area contributed by atoms with Gasteiger partial charge in [0.25, 0.3) is 0 Å². The van der Waals surface area contributed by atoms with Crippen molar-refractivity contribution in [2.75, 3.05) is 13.2 Å². The minimum absolute atomic E-state index is 0.469. The van der Waals surface area contributed by atoms with Crippen LogP contribution in [0.25, 0.3) is 22.6 Å². The van der Waals surface area contributed by atoms with E-state index in [0.717, 1.165) is 35.2 Å². The van der Waals surface area contributed by atoms with Crippen molar-refractivity contribution >= 4 is 19.1 Å². The molecule has 6 nitrogen and oxygen atoms in total. The summed E-state index contributed by atoms with van der Waals surface area (Å²) in [5, 5.41) is 7.25. The van der Waals surface area contributed by atoms with Crippen LogP contribution in [0.1, 0.15) is 6.92 Å². The molecule has 2 aromatic heterocycles. The first kappa shape index (κ1) is 17.7. The van der Waals surface area contributed by atoms with E-state index >= 15 is 0 Å². The van der Waals surface area contributed by atoms with Crippen LogP contribution < -0.4 is 4.74 Å². The molecule has 25 heavy (non-hydrogen) atoms. The first-order chi connectivity index (χ1) is 12.0. The molecular weight excluding hydrogens is 332 g/mol. The molecule has 0 spiro atoms. The average molecular weight is 359 g/mol. The lowest BCUT2D eigenvalue weighted by Crippen LogP contribution is -2.22. The number of nitrogens with zero attached hydrogens (tertiary/aromatic N) is 3. The fourth-order valence-electron chi connectivity index (χ4n) is 2.58. The van der Waals surface area contributed by atoms with E-state index in [9.17, 15) is 0 Å². The molecule has 0 saturated carbocycles. The predicted octanol–water partition coefficient (Wildman–Crippen LogP) is 4.14. The second-order valence-electron chi connectivity index (χ2n) is 7.25. The van der Waals surface area contributed by atoms with Crippen LogP contribution in [-0.2, 0) is 11.5 Å². The molecule has 0 radical (unpaired) electrons. The van der Waals surface area contributed by atoms with Crippen molar-refractivity contribution in [1.82, 2.24) is 19.7 Å². The normalized spacial score (nSPS) is 12.0. The van der Waals surface area contributed by atoms with E-state index in [0.29, 0.717) is 19.2 Å². The number of aromatic nitrogens is 4. The fraction of sp³-hybridized carbons (Fsp3) is 0.444. The zero-order valence-corrected chi connectivity index (χ0v) is 16.4. The number of para-hydroxylation sites is 2. The third-order valence-corrected chi connectivity index (χ3v) is 5.66. The molecule has 3 rings (SSSR count). The maximum atomic E-state index is 5.97. The molecule has 1 aromatic carbocycles. The van der Waals surface area contributed by atoms with E-state index in [1.165, 1.54) is 0 Å². The highest BCUT2D eigenvalue weighted by Crippen LogP contribution is 2.25. The summed E-state index contributed by atoms with van der Waals surface area (Å²) in [7, 11) is -1.10. The monoisotopic (exact) mass is 358 g/mol. The van der Waals surface area contributed by atoms with Gasteiger partial charge >= 0.3 is 0 Å². The van der Waals surface area contributed by atoms with Crippen molar-refractivity contribution in [3.63, 3.8) is 0 Å². The average Bonchev–Trinajstić information content (AvgIpc) is 3.15. The zero-order valence-electron chi connectivity index (χ0n) is 15.4.